The average Bonchev–Trinajstić information content (AvgIpc) is 3.60. The van der Waals surface area contributed by atoms with Gasteiger partial charge in [-0.3, -0.25) is 4.90 Å². The highest BCUT2D eigenvalue weighted by molar-refractivity contribution is 6.36. The maximum absolute atomic E-state index is 11.6. The number of carbonyl (C=O) groups excluding carboxylic acids is 1. The molecule has 3 aliphatic rings. The number of fused-ring (bicyclic) bond motifs is 1. The molecule has 2 aromatic heterocycles. The number of aliphatic hydroxyl groups excluding tert-OH is 1. The second kappa shape index (κ2) is 11.5. The lowest BCUT2D eigenvalue weighted by molar-refractivity contribution is 0.130. The summed E-state index contributed by atoms with van der Waals surface area (Å²) in [5, 5.41) is 43.9. The van der Waals surface area contributed by atoms with Crippen molar-refractivity contribution in [1.82, 2.24) is 29.8 Å². The van der Waals surface area contributed by atoms with Crippen LogP contribution in [0.2, 0.25) is 5.02 Å². The van der Waals surface area contributed by atoms with Gasteiger partial charge < -0.3 is 30.7 Å². The number of hydrogen-bond acceptors (Lipinski definition) is 12. The first-order valence-corrected chi connectivity index (χ1v) is 14.2. The van der Waals surface area contributed by atoms with E-state index in [0.717, 1.165) is 31.4 Å². The predicted octanol–water partition coefficient (Wildman–Crippen LogP) is 2.21. The number of methoxy groups -OCH3 is 1. The molecule has 4 heterocycles. The predicted molar refractivity (Wildman–Crippen MR) is 154 cm³/mol. The third kappa shape index (κ3) is 5.56. The molecule has 42 heavy (non-hydrogen) atoms. The normalized spacial score (nSPS) is 21.1. The van der Waals surface area contributed by atoms with Crippen LogP contribution in [0.15, 0.2) is 18.3 Å². The number of hydrogen-bond donors (Lipinski definition) is 4. The maximum Gasteiger partial charge on any atom is 0.407 e. The molecule has 4 N–H and O–H groups in total. The molecule has 2 aliphatic heterocycles. The number of imidazole rings is 1. The lowest BCUT2D eigenvalue weighted by Gasteiger charge is -2.38. The minimum atomic E-state index is -0.662. The van der Waals surface area contributed by atoms with E-state index in [9.17, 15) is 20.4 Å². The van der Waals surface area contributed by atoms with Crippen LogP contribution >= 0.6 is 11.6 Å². The number of likely N-dealkylation sites (tertiary alicyclic amines) is 1. The van der Waals surface area contributed by atoms with E-state index >= 15 is 0 Å². The fraction of sp³-hybridized carbons (Fsp3) is 0.481. The summed E-state index contributed by atoms with van der Waals surface area (Å²) in [7, 11) is 1.30. The van der Waals surface area contributed by atoms with Gasteiger partial charge in [-0.25, -0.2) is 9.78 Å². The highest BCUT2D eigenvalue weighted by atomic mass is 35.5. The first-order chi connectivity index (χ1) is 20.4. The Kier molecular flexibility index (Phi) is 7.60. The van der Waals surface area contributed by atoms with Gasteiger partial charge in [-0.15, -0.1) is 5.10 Å². The lowest BCUT2D eigenvalue weighted by Crippen LogP contribution is -2.46. The van der Waals surface area contributed by atoms with Crippen molar-refractivity contribution in [3.8, 4) is 12.1 Å². The summed E-state index contributed by atoms with van der Waals surface area (Å²) >= 11 is 6.92. The van der Waals surface area contributed by atoms with Crippen LogP contribution < -0.4 is 20.9 Å². The number of alkyl carbamates (subject to hydrolysis) is 1. The molecule has 0 radical (unpaired) electrons. The zero-order chi connectivity index (χ0) is 29.4. The molecule has 2 atom stereocenters. The molecule has 1 amide bonds. The molecule has 1 aromatic carbocycles. The topological polar surface area (TPSA) is 180 Å². The van der Waals surface area contributed by atoms with Gasteiger partial charge in [0.1, 0.15) is 6.07 Å². The number of amides is 1. The third-order valence-corrected chi connectivity index (χ3v) is 8.35. The van der Waals surface area contributed by atoms with Gasteiger partial charge in [-0.1, -0.05) is 11.6 Å². The van der Waals surface area contributed by atoms with Crippen LogP contribution in [0, 0.1) is 22.7 Å². The molecule has 14 nitrogen and oxygen atoms in total. The van der Waals surface area contributed by atoms with Gasteiger partial charge in [0, 0.05) is 38.3 Å². The van der Waals surface area contributed by atoms with E-state index in [0.29, 0.717) is 60.0 Å². The first-order valence-electron chi connectivity index (χ1n) is 13.8. The molecule has 0 bridgehead atoms. The molecule has 0 unspecified atom stereocenters. The number of nitriles is 2. The molecule has 3 aromatic rings. The van der Waals surface area contributed by atoms with Crippen molar-refractivity contribution in [2.24, 2.45) is 0 Å². The van der Waals surface area contributed by atoms with Gasteiger partial charge in [-0.2, -0.15) is 20.0 Å². The van der Waals surface area contributed by atoms with Crippen molar-refractivity contribution >= 4 is 46.5 Å². The van der Waals surface area contributed by atoms with Gasteiger partial charge in [-0.05, 0) is 37.8 Å². The minimum absolute atomic E-state index is 0.213. The molecule has 1 saturated carbocycles. The Bertz CT molecular complexity index is 1590. The molecular formula is C27H30ClN11O3. The number of ether oxygens (including phenoxy) is 1. The quantitative estimate of drug-likeness (QED) is 0.315. The number of benzene rings is 1. The summed E-state index contributed by atoms with van der Waals surface area (Å²) in [5.74, 6) is 0.729. The van der Waals surface area contributed by atoms with Crippen molar-refractivity contribution in [3.05, 3.63) is 34.6 Å². The van der Waals surface area contributed by atoms with Crippen LogP contribution in [-0.4, -0.2) is 93.2 Å². The van der Waals surface area contributed by atoms with Crippen molar-refractivity contribution < 1.29 is 14.6 Å². The smallest absolute Gasteiger partial charge is 0.407 e. The standard InChI is InChI=1S/C27H30ClN11O3/c1-42-27(41)34-20-13-38(14-22(20)40)17-4-6-37(7-5-17)21-9-15(10-29)8-19(23(21)28)33-26-35-24(32-16-2-3-16)25-31-12-18(11-30)39(25)36-26/h8-9,12,16-17,20,22,40H,2-7,13-14H2,1H3,(H,34,41)(H2,32,33,35,36)/t20-,22+/m0/s1. The third-order valence-electron chi connectivity index (χ3n) is 7.95. The number of carbonyl (C=O) groups is 1. The van der Waals surface area contributed by atoms with E-state index in [1.807, 2.05) is 0 Å². The van der Waals surface area contributed by atoms with E-state index in [2.05, 4.69) is 57.7 Å². The van der Waals surface area contributed by atoms with Crippen molar-refractivity contribution in [1.29, 1.82) is 10.5 Å². The molecule has 2 saturated heterocycles. The summed E-state index contributed by atoms with van der Waals surface area (Å²) in [6.07, 6.45) is 3.94. The van der Waals surface area contributed by atoms with Crippen molar-refractivity contribution in [2.75, 3.05) is 48.8 Å². The maximum atomic E-state index is 11.6. The second-order valence-electron chi connectivity index (χ2n) is 10.8. The molecule has 0 spiro atoms. The number of piperidine rings is 1. The number of rotatable bonds is 7. The van der Waals surface area contributed by atoms with Crippen LogP contribution in [-0.2, 0) is 4.74 Å². The number of anilines is 4. The van der Waals surface area contributed by atoms with Gasteiger partial charge in [0.15, 0.2) is 17.2 Å². The van der Waals surface area contributed by atoms with E-state index in [-0.39, 0.29) is 23.7 Å². The Morgan fingerprint density at radius 2 is 1.95 bits per heavy atom. The molecular weight excluding hydrogens is 562 g/mol. The summed E-state index contributed by atoms with van der Waals surface area (Å²) < 4.78 is 6.11. The average molecular weight is 592 g/mol. The minimum Gasteiger partial charge on any atom is -0.453 e. The Hall–Kier alpha value is -4.37. The number of nitrogens with one attached hydrogen (secondary N) is 3. The highest BCUT2D eigenvalue weighted by Gasteiger charge is 2.37. The number of halogens is 1. The van der Waals surface area contributed by atoms with Gasteiger partial charge in [0.05, 0.1) is 53.5 Å². The largest absolute Gasteiger partial charge is 0.453 e. The molecule has 1 aliphatic carbocycles. The van der Waals surface area contributed by atoms with E-state index in [1.165, 1.54) is 17.8 Å². The second-order valence-corrected chi connectivity index (χ2v) is 11.1. The van der Waals surface area contributed by atoms with Crippen molar-refractivity contribution in [3.63, 3.8) is 0 Å². The SMILES string of the molecule is COC(=O)N[C@H]1CN(C2CCN(c3cc(C#N)cc(Nc4nc(NC5CC5)c5ncc(C#N)n5n4)c3Cl)CC2)C[C@H]1O. The lowest BCUT2D eigenvalue weighted by atomic mass is 10.0. The summed E-state index contributed by atoms with van der Waals surface area (Å²) in [5.41, 5.74) is 2.36. The van der Waals surface area contributed by atoms with Crippen LogP contribution in [0.25, 0.3) is 5.65 Å². The summed E-state index contributed by atoms with van der Waals surface area (Å²) in [4.78, 5) is 24.9. The Morgan fingerprint density at radius 1 is 1.17 bits per heavy atom. The van der Waals surface area contributed by atoms with Crippen LogP contribution in [0.4, 0.5) is 27.9 Å². The fourth-order valence-corrected chi connectivity index (χ4v) is 5.86. The molecule has 3 fully saturated rings. The highest BCUT2D eigenvalue weighted by Crippen LogP contribution is 2.38. The zero-order valence-electron chi connectivity index (χ0n) is 22.9. The molecule has 15 heteroatoms. The van der Waals surface area contributed by atoms with Gasteiger partial charge in [0.25, 0.3) is 0 Å². The van der Waals surface area contributed by atoms with Crippen LogP contribution in [0.5, 0.6) is 0 Å². The van der Waals surface area contributed by atoms with E-state index in [4.69, 9.17) is 11.6 Å². The summed E-state index contributed by atoms with van der Waals surface area (Å²) in [6, 6.07) is 7.90. The summed E-state index contributed by atoms with van der Waals surface area (Å²) in [6.45, 7) is 2.41. The monoisotopic (exact) mass is 591 g/mol. The van der Waals surface area contributed by atoms with Crippen molar-refractivity contribution in [2.45, 2.75) is 49.9 Å². The Labute approximate surface area is 246 Å². The zero-order valence-corrected chi connectivity index (χ0v) is 23.7. The van der Waals surface area contributed by atoms with Gasteiger partial charge in [0.2, 0.25) is 5.95 Å². The molecule has 218 valence electrons. The molecule has 6 rings (SSSR count). The Balaban J connectivity index is 1.20. The van der Waals surface area contributed by atoms with E-state index < -0.39 is 12.2 Å². The number of nitrogens with zero attached hydrogens (tertiary/aromatic N) is 8. The van der Waals surface area contributed by atoms with Gasteiger partial charge >= 0.3 is 6.09 Å². The fourth-order valence-electron chi connectivity index (χ4n) is 5.58. The Morgan fingerprint density at radius 3 is 2.64 bits per heavy atom. The van der Waals surface area contributed by atoms with Crippen LogP contribution in [0.1, 0.15) is 36.9 Å². The van der Waals surface area contributed by atoms with E-state index in [1.54, 1.807) is 12.1 Å². The van der Waals surface area contributed by atoms with Crippen LogP contribution in [0.3, 0.4) is 0 Å². The first kappa shape index (κ1) is 27.8. The number of aromatic nitrogens is 4. The number of aliphatic hydroxyl groups is 1. The number of β-amino-alcohol motifs (C(OH)–C–C–N with tert-alkyl or cyclic N) is 1.